The van der Waals surface area contributed by atoms with Crippen molar-refractivity contribution in [2.45, 2.75) is 6.92 Å². The molecule has 0 saturated carbocycles. The summed E-state index contributed by atoms with van der Waals surface area (Å²) >= 11 is 0. The Kier molecular flexibility index (Phi) is 3.32. The molecule has 1 N–H and O–H groups in total. The zero-order valence-electron chi connectivity index (χ0n) is 10.3. The molecule has 0 radical (unpaired) electrons. The van der Waals surface area contributed by atoms with Gasteiger partial charge in [-0.25, -0.2) is 4.98 Å². The maximum Gasteiger partial charge on any atom is 0.169 e. The number of benzene rings is 1. The van der Waals surface area contributed by atoms with Crippen LogP contribution >= 0.6 is 0 Å². The van der Waals surface area contributed by atoms with Crippen LogP contribution in [0.5, 0.6) is 11.5 Å². The molecule has 0 unspecified atom stereocenters. The van der Waals surface area contributed by atoms with E-state index in [0.717, 1.165) is 34.8 Å². The van der Waals surface area contributed by atoms with Gasteiger partial charge in [-0.2, -0.15) is 0 Å². The third kappa shape index (κ3) is 2.25. The highest BCUT2D eigenvalue weighted by atomic mass is 16.5. The van der Waals surface area contributed by atoms with Crippen LogP contribution < -0.4 is 14.8 Å². The van der Waals surface area contributed by atoms with Crippen LogP contribution in [0.25, 0.3) is 10.9 Å². The molecule has 2 aromatic rings. The number of methoxy groups -OCH3 is 2. The van der Waals surface area contributed by atoms with E-state index in [1.165, 1.54) is 0 Å². The van der Waals surface area contributed by atoms with Gasteiger partial charge in [-0.05, 0) is 31.2 Å². The molecule has 90 valence electrons. The quantitative estimate of drug-likeness (QED) is 0.880. The van der Waals surface area contributed by atoms with Gasteiger partial charge in [0.25, 0.3) is 0 Å². The van der Waals surface area contributed by atoms with Crippen LogP contribution in [0.4, 0.5) is 5.82 Å². The summed E-state index contributed by atoms with van der Waals surface area (Å²) in [6.07, 6.45) is 0. The van der Waals surface area contributed by atoms with Crippen LogP contribution in [-0.2, 0) is 0 Å². The van der Waals surface area contributed by atoms with Crippen LogP contribution in [0.3, 0.4) is 0 Å². The number of fused-ring (bicyclic) bond motifs is 1. The summed E-state index contributed by atoms with van der Waals surface area (Å²) in [5.74, 6) is 2.33. The Labute approximate surface area is 101 Å². The summed E-state index contributed by atoms with van der Waals surface area (Å²) in [4.78, 5) is 4.52. The van der Waals surface area contributed by atoms with Gasteiger partial charge in [0.2, 0.25) is 0 Å². The predicted molar refractivity (Wildman–Crippen MR) is 69.0 cm³/mol. The van der Waals surface area contributed by atoms with Crippen molar-refractivity contribution in [1.29, 1.82) is 0 Å². The maximum absolute atomic E-state index is 5.31. The molecule has 0 saturated heterocycles. The first-order valence-electron chi connectivity index (χ1n) is 5.55. The van der Waals surface area contributed by atoms with E-state index in [1.54, 1.807) is 14.2 Å². The topological polar surface area (TPSA) is 43.4 Å². The van der Waals surface area contributed by atoms with E-state index in [1.807, 2.05) is 31.2 Å². The SMILES string of the molecule is CCNc1nc2ccc(OC)cc2cc1OC. The van der Waals surface area contributed by atoms with Gasteiger partial charge in [-0.3, -0.25) is 0 Å². The van der Waals surface area contributed by atoms with Crippen LogP contribution in [0.1, 0.15) is 6.92 Å². The van der Waals surface area contributed by atoms with E-state index in [2.05, 4.69) is 10.3 Å². The first kappa shape index (κ1) is 11.5. The second-order valence-electron chi connectivity index (χ2n) is 3.63. The lowest BCUT2D eigenvalue weighted by Crippen LogP contribution is -2.02. The summed E-state index contributed by atoms with van der Waals surface area (Å²) in [5.41, 5.74) is 0.919. The molecule has 0 bridgehead atoms. The van der Waals surface area contributed by atoms with Crippen LogP contribution in [-0.4, -0.2) is 25.7 Å². The molecule has 0 atom stereocenters. The second-order valence-corrected chi connectivity index (χ2v) is 3.63. The van der Waals surface area contributed by atoms with Crippen molar-refractivity contribution in [3.8, 4) is 11.5 Å². The van der Waals surface area contributed by atoms with E-state index in [9.17, 15) is 0 Å². The summed E-state index contributed by atoms with van der Waals surface area (Å²) in [6.45, 7) is 2.84. The van der Waals surface area contributed by atoms with Gasteiger partial charge >= 0.3 is 0 Å². The molecular formula is C13H16N2O2. The number of ether oxygens (including phenoxy) is 2. The summed E-state index contributed by atoms with van der Waals surface area (Å²) in [5, 5.41) is 4.18. The molecule has 1 aromatic heterocycles. The van der Waals surface area contributed by atoms with Gasteiger partial charge in [0.15, 0.2) is 11.6 Å². The molecule has 1 heterocycles. The van der Waals surface area contributed by atoms with Crippen LogP contribution in [0.15, 0.2) is 24.3 Å². The average Bonchev–Trinajstić information content (AvgIpc) is 2.37. The van der Waals surface area contributed by atoms with E-state index >= 15 is 0 Å². The molecule has 0 aliphatic heterocycles. The zero-order chi connectivity index (χ0) is 12.3. The van der Waals surface area contributed by atoms with Crippen molar-refractivity contribution in [1.82, 2.24) is 4.98 Å². The fourth-order valence-electron chi connectivity index (χ4n) is 1.71. The molecular weight excluding hydrogens is 216 g/mol. The fourth-order valence-corrected chi connectivity index (χ4v) is 1.71. The van der Waals surface area contributed by atoms with Gasteiger partial charge in [-0.1, -0.05) is 0 Å². The van der Waals surface area contributed by atoms with Crippen molar-refractivity contribution in [3.05, 3.63) is 24.3 Å². The van der Waals surface area contributed by atoms with Gasteiger partial charge in [-0.15, -0.1) is 0 Å². The lowest BCUT2D eigenvalue weighted by atomic mass is 10.2. The number of aromatic nitrogens is 1. The number of nitrogens with one attached hydrogen (secondary N) is 1. The Morgan fingerprint density at radius 1 is 1.18 bits per heavy atom. The largest absolute Gasteiger partial charge is 0.497 e. The standard InChI is InChI=1S/C13H16N2O2/c1-4-14-13-12(17-3)8-9-7-10(16-2)5-6-11(9)15-13/h5-8H,4H2,1-3H3,(H,14,15). The Bertz CT molecular complexity index is 526. The molecule has 0 spiro atoms. The molecule has 0 amide bonds. The Morgan fingerprint density at radius 2 is 2.00 bits per heavy atom. The minimum atomic E-state index is 0.743. The zero-order valence-corrected chi connectivity index (χ0v) is 10.3. The van der Waals surface area contributed by atoms with Crippen LogP contribution in [0.2, 0.25) is 0 Å². The molecule has 0 aliphatic carbocycles. The fraction of sp³-hybridized carbons (Fsp3) is 0.308. The third-order valence-electron chi connectivity index (χ3n) is 2.55. The lowest BCUT2D eigenvalue weighted by molar-refractivity contribution is 0.414. The van der Waals surface area contributed by atoms with Gasteiger partial charge < -0.3 is 14.8 Å². The van der Waals surface area contributed by atoms with Crippen molar-refractivity contribution in [2.75, 3.05) is 26.1 Å². The second kappa shape index (κ2) is 4.91. The molecule has 1 aromatic carbocycles. The number of rotatable bonds is 4. The van der Waals surface area contributed by atoms with Gasteiger partial charge in [0, 0.05) is 11.9 Å². The molecule has 0 fully saturated rings. The lowest BCUT2D eigenvalue weighted by Gasteiger charge is -2.10. The molecule has 2 rings (SSSR count). The third-order valence-corrected chi connectivity index (χ3v) is 2.55. The highest BCUT2D eigenvalue weighted by molar-refractivity contribution is 5.84. The Hall–Kier alpha value is -1.97. The van der Waals surface area contributed by atoms with Crippen molar-refractivity contribution >= 4 is 16.7 Å². The van der Waals surface area contributed by atoms with E-state index in [0.29, 0.717) is 0 Å². The number of anilines is 1. The summed E-state index contributed by atoms with van der Waals surface area (Å²) in [6, 6.07) is 7.75. The van der Waals surface area contributed by atoms with Gasteiger partial charge in [0.05, 0.1) is 19.7 Å². The molecule has 4 nitrogen and oxygen atoms in total. The highest BCUT2D eigenvalue weighted by Gasteiger charge is 2.07. The average molecular weight is 232 g/mol. The Morgan fingerprint density at radius 3 is 2.65 bits per heavy atom. The minimum Gasteiger partial charge on any atom is -0.497 e. The maximum atomic E-state index is 5.31. The number of hydrogen-bond donors (Lipinski definition) is 1. The normalized spacial score (nSPS) is 10.3. The Balaban J connectivity index is 2.56. The minimum absolute atomic E-state index is 0.743. The van der Waals surface area contributed by atoms with Gasteiger partial charge in [0.1, 0.15) is 5.75 Å². The first-order valence-corrected chi connectivity index (χ1v) is 5.55. The van der Waals surface area contributed by atoms with E-state index in [4.69, 9.17) is 9.47 Å². The summed E-state index contributed by atoms with van der Waals surface area (Å²) in [7, 11) is 3.29. The molecule has 17 heavy (non-hydrogen) atoms. The monoisotopic (exact) mass is 232 g/mol. The summed E-state index contributed by atoms with van der Waals surface area (Å²) < 4.78 is 10.5. The number of pyridine rings is 1. The molecule has 0 aliphatic rings. The van der Waals surface area contributed by atoms with E-state index < -0.39 is 0 Å². The molecule has 4 heteroatoms. The van der Waals surface area contributed by atoms with Crippen molar-refractivity contribution in [3.63, 3.8) is 0 Å². The van der Waals surface area contributed by atoms with Crippen LogP contribution in [0, 0.1) is 0 Å². The number of nitrogens with zero attached hydrogens (tertiary/aromatic N) is 1. The smallest absolute Gasteiger partial charge is 0.169 e. The van der Waals surface area contributed by atoms with E-state index in [-0.39, 0.29) is 0 Å². The van der Waals surface area contributed by atoms with Crippen molar-refractivity contribution in [2.24, 2.45) is 0 Å². The van der Waals surface area contributed by atoms with Crippen molar-refractivity contribution < 1.29 is 9.47 Å². The predicted octanol–water partition coefficient (Wildman–Crippen LogP) is 2.68. The highest BCUT2D eigenvalue weighted by Crippen LogP contribution is 2.28. The first-order chi connectivity index (χ1) is 8.28. The number of hydrogen-bond acceptors (Lipinski definition) is 4.